The van der Waals surface area contributed by atoms with Gasteiger partial charge >= 0.3 is 0 Å². The average Bonchev–Trinajstić information content (AvgIpc) is 1.85. The predicted molar refractivity (Wildman–Crippen MR) is 38.5 cm³/mol. The van der Waals surface area contributed by atoms with Gasteiger partial charge in [0.25, 0.3) is 5.56 Å². The van der Waals surface area contributed by atoms with E-state index < -0.39 is 5.56 Å². The maximum Gasteiger partial charge on any atom is 0.282 e. The van der Waals surface area contributed by atoms with Crippen molar-refractivity contribution >= 4 is 17.5 Å². The second-order valence-corrected chi connectivity index (χ2v) is 1.80. The van der Waals surface area contributed by atoms with Crippen LogP contribution in [0.3, 0.4) is 0 Å². The fraction of sp³-hybridized carbons (Fsp3) is 0. The second-order valence-electron chi connectivity index (χ2n) is 1.80. The zero-order valence-electron chi connectivity index (χ0n) is 5.46. The quantitative estimate of drug-likeness (QED) is 0.409. The number of nitrogens with two attached hydrogens (primary N) is 2. The van der Waals surface area contributed by atoms with E-state index in [1.54, 1.807) is 0 Å². The molecule has 11 heavy (non-hydrogen) atoms. The lowest BCUT2D eigenvalue weighted by Crippen LogP contribution is -2.12. The molecule has 0 atom stereocenters. The van der Waals surface area contributed by atoms with Gasteiger partial charge in [0.15, 0.2) is 11.5 Å². The van der Waals surface area contributed by atoms with E-state index >= 15 is 0 Å². The minimum atomic E-state index is -0.606. The number of nitrogens with zero attached hydrogens (tertiary/aromatic N) is 2. The average molecular weight is 154 g/mol. The maximum atomic E-state index is 10.8. The Morgan fingerprint density at radius 3 is 2.64 bits per heavy atom. The Morgan fingerprint density at radius 2 is 2.18 bits per heavy atom. The molecule has 0 saturated heterocycles. The molecule has 1 heterocycles. The molecule has 0 aliphatic carbocycles. The summed E-state index contributed by atoms with van der Waals surface area (Å²) in [6.07, 6.45) is 0. The van der Waals surface area contributed by atoms with E-state index in [-0.39, 0.29) is 17.5 Å². The first-order chi connectivity index (χ1) is 5.15. The Kier molecular flexibility index (Phi) is 1.55. The number of hydrogen-bond acceptors (Lipinski definition) is 6. The third kappa shape index (κ3) is 1.16. The SMILES string of the molecule is N=Nc1c(N)nc(N)[nH]c1=O. The molecule has 1 rings (SSSR count). The third-order valence-corrected chi connectivity index (χ3v) is 1.05. The van der Waals surface area contributed by atoms with Crippen molar-refractivity contribution in [3.05, 3.63) is 10.4 Å². The highest BCUT2D eigenvalue weighted by Crippen LogP contribution is 2.11. The standard InChI is InChI=1S/C4H6N6O/c5-2-1(10-7)3(11)9-4(6)8-2/h7H,(H5,5,6,8,9,11). The molecule has 0 aliphatic heterocycles. The third-order valence-electron chi connectivity index (χ3n) is 1.05. The monoisotopic (exact) mass is 154 g/mol. The smallest absolute Gasteiger partial charge is 0.282 e. The van der Waals surface area contributed by atoms with Crippen LogP contribution in [0.1, 0.15) is 0 Å². The van der Waals surface area contributed by atoms with Crippen LogP contribution in [0, 0.1) is 5.53 Å². The molecule has 7 nitrogen and oxygen atoms in total. The Labute approximate surface area is 60.9 Å². The lowest BCUT2D eigenvalue weighted by Gasteiger charge is -1.96. The Morgan fingerprint density at radius 1 is 1.55 bits per heavy atom. The number of aromatic nitrogens is 2. The molecule has 6 N–H and O–H groups in total. The molecule has 0 radical (unpaired) electrons. The second kappa shape index (κ2) is 2.37. The molecule has 0 saturated carbocycles. The lowest BCUT2D eigenvalue weighted by atomic mass is 10.5. The van der Waals surface area contributed by atoms with Crippen molar-refractivity contribution in [2.75, 3.05) is 11.5 Å². The van der Waals surface area contributed by atoms with E-state index in [9.17, 15) is 4.79 Å². The van der Waals surface area contributed by atoms with Gasteiger partial charge in [-0.3, -0.25) is 9.78 Å². The summed E-state index contributed by atoms with van der Waals surface area (Å²) in [6.45, 7) is 0. The highest BCUT2D eigenvalue weighted by molar-refractivity contribution is 5.56. The van der Waals surface area contributed by atoms with Crippen LogP contribution in [-0.2, 0) is 0 Å². The molecular formula is C4H6N6O. The topological polar surface area (TPSA) is 134 Å². The molecule has 0 aromatic carbocycles. The van der Waals surface area contributed by atoms with E-state index in [1.807, 2.05) is 0 Å². The molecule has 0 fully saturated rings. The molecule has 1 aromatic heterocycles. The summed E-state index contributed by atoms with van der Waals surface area (Å²) in [5.74, 6) is -0.221. The highest BCUT2D eigenvalue weighted by Gasteiger charge is 2.04. The minimum absolute atomic E-state index is 0.0834. The van der Waals surface area contributed by atoms with Gasteiger partial charge in [-0.2, -0.15) is 4.98 Å². The normalized spacial score (nSPS) is 9.45. The van der Waals surface area contributed by atoms with Gasteiger partial charge in [-0.05, 0) is 0 Å². The molecular weight excluding hydrogens is 148 g/mol. The molecule has 0 amide bonds. The molecule has 0 spiro atoms. The first kappa shape index (κ1) is 7.19. The van der Waals surface area contributed by atoms with Crippen LogP contribution in [0.2, 0.25) is 0 Å². The van der Waals surface area contributed by atoms with Crippen LogP contribution in [0.15, 0.2) is 9.91 Å². The van der Waals surface area contributed by atoms with Gasteiger partial charge in [0.05, 0.1) is 0 Å². The molecule has 0 aliphatic rings. The predicted octanol–water partition coefficient (Wildman–Crippen LogP) is -0.403. The van der Waals surface area contributed by atoms with Crippen LogP contribution in [0.25, 0.3) is 0 Å². The Bertz CT molecular complexity index is 341. The van der Waals surface area contributed by atoms with E-state index in [0.29, 0.717) is 0 Å². The molecule has 0 bridgehead atoms. The maximum absolute atomic E-state index is 10.8. The van der Waals surface area contributed by atoms with Crippen molar-refractivity contribution in [1.82, 2.24) is 9.97 Å². The summed E-state index contributed by atoms with van der Waals surface area (Å²) < 4.78 is 0. The zero-order valence-corrected chi connectivity index (χ0v) is 5.46. The molecule has 7 heteroatoms. The van der Waals surface area contributed by atoms with Gasteiger partial charge in [0.2, 0.25) is 5.95 Å². The molecule has 0 unspecified atom stereocenters. The summed E-state index contributed by atoms with van der Waals surface area (Å²) in [4.78, 5) is 16.5. The van der Waals surface area contributed by atoms with Crippen molar-refractivity contribution < 1.29 is 0 Å². The number of rotatable bonds is 1. The Balaban J connectivity index is 3.49. The van der Waals surface area contributed by atoms with E-state index in [0.717, 1.165) is 0 Å². The fourth-order valence-corrected chi connectivity index (χ4v) is 0.611. The van der Waals surface area contributed by atoms with Crippen molar-refractivity contribution in [1.29, 1.82) is 5.53 Å². The van der Waals surface area contributed by atoms with Crippen molar-refractivity contribution in [2.45, 2.75) is 0 Å². The van der Waals surface area contributed by atoms with Crippen molar-refractivity contribution in [3.63, 3.8) is 0 Å². The van der Waals surface area contributed by atoms with Gasteiger partial charge in [0, 0.05) is 0 Å². The first-order valence-electron chi connectivity index (χ1n) is 2.68. The molecule has 58 valence electrons. The summed E-state index contributed by atoms with van der Waals surface area (Å²) >= 11 is 0. The number of aromatic amines is 1. The number of nitrogens with one attached hydrogen (secondary N) is 2. The van der Waals surface area contributed by atoms with Gasteiger partial charge in [-0.25, -0.2) is 5.53 Å². The van der Waals surface area contributed by atoms with E-state index in [1.165, 1.54) is 0 Å². The van der Waals surface area contributed by atoms with Crippen molar-refractivity contribution in [3.8, 4) is 0 Å². The van der Waals surface area contributed by atoms with Crippen molar-refractivity contribution in [2.24, 2.45) is 5.11 Å². The summed E-state index contributed by atoms with van der Waals surface area (Å²) in [7, 11) is 0. The summed E-state index contributed by atoms with van der Waals surface area (Å²) in [5.41, 5.74) is 16.1. The van der Waals surface area contributed by atoms with Crippen LogP contribution < -0.4 is 17.0 Å². The van der Waals surface area contributed by atoms with Gasteiger partial charge in [0.1, 0.15) is 0 Å². The van der Waals surface area contributed by atoms with Gasteiger partial charge in [-0.15, -0.1) is 5.11 Å². The number of hydrogen-bond donors (Lipinski definition) is 4. The van der Waals surface area contributed by atoms with Crippen LogP contribution in [0.5, 0.6) is 0 Å². The van der Waals surface area contributed by atoms with E-state index in [2.05, 4.69) is 15.1 Å². The lowest BCUT2D eigenvalue weighted by molar-refractivity contribution is 1.07. The zero-order chi connectivity index (χ0) is 8.43. The minimum Gasteiger partial charge on any atom is -0.382 e. The van der Waals surface area contributed by atoms with Crippen LogP contribution in [0.4, 0.5) is 17.5 Å². The highest BCUT2D eigenvalue weighted by atomic mass is 16.1. The fourth-order valence-electron chi connectivity index (χ4n) is 0.611. The number of nitrogen functional groups attached to an aromatic ring is 2. The molecule has 1 aromatic rings. The van der Waals surface area contributed by atoms with Gasteiger partial charge in [-0.1, -0.05) is 0 Å². The number of anilines is 2. The summed E-state index contributed by atoms with van der Waals surface area (Å²) in [5, 5.41) is 2.87. The van der Waals surface area contributed by atoms with E-state index in [4.69, 9.17) is 17.0 Å². The largest absolute Gasteiger partial charge is 0.382 e. The Hall–Kier alpha value is -1.92. The van der Waals surface area contributed by atoms with Crippen LogP contribution in [-0.4, -0.2) is 9.97 Å². The first-order valence-corrected chi connectivity index (χ1v) is 2.68. The van der Waals surface area contributed by atoms with Crippen LogP contribution >= 0.6 is 0 Å². The van der Waals surface area contributed by atoms with Gasteiger partial charge < -0.3 is 11.5 Å². The summed E-state index contributed by atoms with van der Waals surface area (Å²) in [6, 6.07) is 0. The number of H-pyrrole nitrogens is 1.